The number of likely N-dealkylation sites (tertiary alicyclic amines) is 1. The first-order valence-electron chi connectivity index (χ1n) is 11.3. The zero-order valence-electron chi connectivity index (χ0n) is 19.0. The molecule has 0 unspecified atom stereocenters. The number of pyridine rings is 1. The van der Waals surface area contributed by atoms with Crippen LogP contribution in [0, 0.1) is 5.82 Å². The molecule has 34 heavy (non-hydrogen) atoms. The summed E-state index contributed by atoms with van der Waals surface area (Å²) in [6.45, 7) is 6.10. The van der Waals surface area contributed by atoms with Crippen molar-refractivity contribution in [1.29, 1.82) is 0 Å². The standard InChI is InChI=1S/C23H25FN8O2/c1-14(2)32-21(27-28-29-32)19-6-5-7-20(25-19)26-22(33)17-10-15-12-31(13-16(15)11-18(17)24)23(34)30-8-3-4-9-30/h5-7,10-11,14H,3-4,8-9,12-13H2,1-2H3,(H,25,26,33). The van der Waals surface area contributed by atoms with Crippen LogP contribution in [0.25, 0.3) is 11.5 Å². The Morgan fingerprint density at radius 3 is 2.53 bits per heavy atom. The fourth-order valence-corrected chi connectivity index (χ4v) is 4.36. The highest BCUT2D eigenvalue weighted by Gasteiger charge is 2.30. The molecule has 0 atom stereocenters. The number of benzene rings is 1. The van der Waals surface area contributed by atoms with Gasteiger partial charge in [0.25, 0.3) is 5.91 Å². The molecule has 3 aromatic rings. The second-order valence-electron chi connectivity index (χ2n) is 8.84. The lowest BCUT2D eigenvalue weighted by atomic mass is 10.1. The molecule has 1 fully saturated rings. The Morgan fingerprint density at radius 2 is 1.79 bits per heavy atom. The van der Waals surface area contributed by atoms with E-state index in [4.69, 9.17) is 0 Å². The van der Waals surface area contributed by atoms with Crippen molar-refractivity contribution in [2.45, 2.75) is 45.8 Å². The van der Waals surface area contributed by atoms with Gasteiger partial charge in [-0.3, -0.25) is 4.79 Å². The number of carbonyl (C=O) groups is 2. The van der Waals surface area contributed by atoms with Crippen LogP contribution in [0.15, 0.2) is 30.3 Å². The van der Waals surface area contributed by atoms with E-state index in [0.717, 1.165) is 37.1 Å². The lowest BCUT2D eigenvalue weighted by molar-refractivity contribution is 0.102. The van der Waals surface area contributed by atoms with E-state index in [-0.39, 0.29) is 23.5 Å². The third-order valence-electron chi connectivity index (χ3n) is 6.11. The molecule has 2 aromatic heterocycles. The second kappa shape index (κ2) is 8.81. The van der Waals surface area contributed by atoms with Gasteiger partial charge in [-0.25, -0.2) is 18.9 Å². The van der Waals surface area contributed by atoms with E-state index >= 15 is 0 Å². The van der Waals surface area contributed by atoms with Gasteiger partial charge in [-0.1, -0.05) is 6.07 Å². The molecule has 0 saturated carbocycles. The van der Waals surface area contributed by atoms with E-state index in [1.165, 1.54) is 12.1 Å². The highest BCUT2D eigenvalue weighted by Crippen LogP contribution is 2.28. The van der Waals surface area contributed by atoms with Gasteiger partial charge >= 0.3 is 6.03 Å². The van der Waals surface area contributed by atoms with E-state index in [1.54, 1.807) is 27.8 Å². The Kier molecular flexibility index (Phi) is 5.68. The molecule has 1 saturated heterocycles. The number of halogens is 1. The minimum Gasteiger partial charge on any atom is -0.325 e. The number of rotatable bonds is 4. The number of carbonyl (C=O) groups excluding carboxylic acids is 2. The zero-order chi connectivity index (χ0) is 23.8. The number of urea groups is 1. The maximum atomic E-state index is 14.8. The normalized spacial score (nSPS) is 15.2. The van der Waals surface area contributed by atoms with Gasteiger partial charge in [-0.15, -0.1) is 5.10 Å². The van der Waals surface area contributed by atoms with Crippen LogP contribution in [0.2, 0.25) is 0 Å². The Balaban J connectivity index is 1.33. The molecule has 0 radical (unpaired) electrons. The molecule has 0 spiro atoms. The third kappa shape index (κ3) is 4.09. The topological polar surface area (TPSA) is 109 Å². The van der Waals surface area contributed by atoms with Crippen molar-refractivity contribution in [1.82, 2.24) is 35.0 Å². The number of tetrazole rings is 1. The number of fused-ring (bicyclic) bond motifs is 1. The summed E-state index contributed by atoms with van der Waals surface area (Å²) in [6.07, 6.45) is 2.01. The molecule has 0 aliphatic carbocycles. The monoisotopic (exact) mass is 464 g/mol. The van der Waals surface area contributed by atoms with Crippen LogP contribution in [0.1, 0.15) is 54.2 Å². The minimum atomic E-state index is -0.633. The van der Waals surface area contributed by atoms with Gasteiger partial charge in [0.15, 0.2) is 0 Å². The van der Waals surface area contributed by atoms with Crippen molar-refractivity contribution < 1.29 is 14.0 Å². The van der Waals surface area contributed by atoms with Crippen LogP contribution in [-0.2, 0) is 13.1 Å². The quantitative estimate of drug-likeness (QED) is 0.635. The summed E-state index contributed by atoms with van der Waals surface area (Å²) < 4.78 is 16.5. The van der Waals surface area contributed by atoms with Crippen LogP contribution < -0.4 is 5.32 Å². The Hall–Kier alpha value is -3.89. The highest BCUT2D eigenvalue weighted by atomic mass is 19.1. The number of aromatic nitrogens is 5. The predicted octanol–water partition coefficient (Wildman–Crippen LogP) is 3.24. The van der Waals surface area contributed by atoms with E-state index in [1.807, 2.05) is 18.7 Å². The van der Waals surface area contributed by atoms with Crippen LogP contribution in [0.3, 0.4) is 0 Å². The smallest absolute Gasteiger partial charge is 0.320 e. The number of amides is 3. The number of nitrogens with zero attached hydrogens (tertiary/aromatic N) is 7. The average molecular weight is 465 g/mol. The van der Waals surface area contributed by atoms with Crippen LogP contribution in [-0.4, -0.2) is 60.0 Å². The molecule has 10 nitrogen and oxygen atoms in total. The molecule has 1 N–H and O–H groups in total. The van der Waals surface area contributed by atoms with Gasteiger partial charge in [0.2, 0.25) is 5.82 Å². The highest BCUT2D eigenvalue weighted by molar-refractivity contribution is 6.04. The molecule has 4 heterocycles. The van der Waals surface area contributed by atoms with Crippen molar-refractivity contribution in [2.75, 3.05) is 18.4 Å². The first kappa shape index (κ1) is 21.9. The first-order chi connectivity index (χ1) is 16.4. The van der Waals surface area contributed by atoms with E-state index in [9.17, 15) is 14.0 Å². The molecular weight excluding hydrogens is 439 g/mol. The number of hydrogen-bond acceptors (Lipinski definition) is 6. The summed E-state index contributed by atoms with van der Waals surface area (Å²) in [6, 6.07) is 7.95. The maximum Gasteiger partial charge on any atom is 0.320 e. The third-order valence-corrected chi connectivity index (χ3v) is 6.11. The summed E-state index contributed by atoms with van der Waals surface area (Å²) in [5.41, 5.74) is 1.90. The van der Waals surface area contributed by atoms with Crippen molar-refractivity contribution in [2.24, 2.45) is 0 Å². The van der Waals surface area contributed by atoms with Crippen molar-refractivity contribution in [3.63, 3.8) is 0 Å². The summed E-state index contributed by atoms with van der Waals surface area (Å²) >= 11 is 0. The number of anilines is 1. The molecule has 5 rings (SSSR count). The number of hydrogen-bond donors (Lipinski definition) is 1. The summed E-state index contributed by atoms with van der Waals surface area (Å²) in [7, 11) is 0. The molecule has 176 valence electrons. The Morgan fingerprint density at radius 1 is 1.06 bits per heavy atom. The van der Waals surface area contributed by atoms with Crippen molar-refractivity contribution in [3.8, 4) is 11.5 Å². The second-order valence-corrected chi connectivity index (χ2v) is 8.84. The Labute approximate surface area is 195 Å². The molecule has 0 bridgehead atoms. The van der Waals surface area contributed by atoms with Gasteiger partial charge in [0.1, 0.15) is 17.3 Å². The number of nitrogens with one attached hydrogen (secondary N) is 1. The first-order valence-corrected chi connectivity index (χ1v) is 11.3. The molecular formula is C23H25FN8O2. The summed E-state index contributed by atoms with van der Waals surface area (Å²) in [5.74, 6) is -0.520. The maximum absolute atomic E-state index is 14.8. The van der Waals surface area contributed by atoms with E-state index in [2.05, 4.69) is 25.8 Å². The average Bonchev–Trinajstić information content (AvgIpc) is 3.58. The van der Waals surface area contributed by atoms with Gasteiger partial charge < -0.3 is 15.1 Å². The molecule has 2 aliphatic rings. The van der Waals surface area contributed by atoms with E-state index in [0.29, 0.717) is 24.6 Å². The lowest BCUT2D eigenvalue weighted by Crippen LogP contribution is -2.38. The minimum absolute atomic E-state index is 0.0301. The summed E-state index contributed by atoms with van der Waals surface area (Å²) in [5, 5.41) is 14.4. The van der Waals surface area contributed by atoms with Gasteiger partial charge in [-0.05, 0) is 72.5 Å². The summed E-state index contributed by atoms with van der Waals surface area (Å²) in [4.78, 5) is 33.6. The van der Waals surface area contributed by atoms with Crippen LogP contribution in [0.4, 0.5) is 15.0 Å². The van der Waals surface area contributed by atoms with Gasteiger partial charge in [-0.2, -0.15) is 0 Å². The van der Waals surface area contributed by atoms with Gasteiger partial charge in [0.05, 0.1) is 11.6 Å². The van der Waals surface area contributed by atoms with Crippen LogP contribution in [0.5, 0.6) is 0 Å². The van der Waals surface area contributed by atoms with E-state index < -0.39 is 11.7 Å². The molecule has 2 aliphatic heterocycles. The van der Waals surface area contributed by atoms with Crippen molar-refractivity contribution in [3.05, 3.63) is 52.8 Å². The fraction of sp³-hybridized carbons (Fsp3) is 0.391. The largest absolute Gasteiger partial charge is 0.325 e. The van der Waals surface area contributed by atoms with Crippen molar-refractivity contribution >= 4 is 17.8 Å². The predicted molar refractivity (Wildman–Crippen MR) is 121 cm³/mol. The van der Waals surface area contributed by atoms with Gasteiger partial charge in [0, 0.05) is 26.2 Å². The Bertz CT molecular complexity index is 1250. The molecule has 3 amide bonds. The fourth-order valence-electron chi connectivity index (χ4n) is 4.36. The molecule has 11 heteroatoms. The lowest BCUT2D eigenvalue weighted by Gasteiger charge is -2.23. The molecule has 1 aromatic carbocycles. The zero-order valence-corrected chi connectivity index (χ0v) is 19.0. The van der Waals surface area contributed by atoms with Crippen LogP contribution >= 0.6 is 0 Å². The SMILES string of the molecule is CC(C)n1nnnc1-c1cccc(NC(=O)c2cc3c(cc2F)CN(C(=O)N2CCCC2)C3)n1.